The number of ether oxygens (including phenoxy) is 2. The van der Waals surface area contributed by atoms with E-state index in [4.69, 9.17) is 9.47 Å². The van der Waals surface area contributed by atoms with Crippen LogP contribution in [-0.2, 0) is 9.47 Å². The van der Waals surface area contributed by atoms with Gasteiger partial charge < -0.3 is 24.8 Å². The summed E-state index contributed by atoms with van der Waals surface area (Å²) in [4.78, 5) is 0. The summed E-state index contributed by atoms with van der Waals surface area (Å²) in [5.74, 6) is 0. The Morgan fingerprint density at radius 3 is 2.38 bits per heavy atom. The predicted octanol–water partition coefficient (Wildman–Crippen LogP) is -1.15. The van der Waals surface area contributed by atoms with Gasteiger partial charge in [-0.2, -0.15) is 0 Å². The molecule has 0 aliphatic carbocycles. The summed E-state index contributed by atoms with van der Waals surface area (Å²) in [5.41, 5.74) is -1.49. The van der Waals surface area contributed by atoms with Gasteiger partial charge in [0.15, 0.2) is 6.29 Å². The highest BCUT2D eigenvalue weighted by Crippen LogP contribution is 2.30. The molecule has 5 atom stereocenters. The Morgan fingerprint density at radius 2 is 1.92 bits per heavy atom. The average molecular weight is 192 g/mol. The van der Waals surface area contributed by atoms with Crippen LogP contribution in [0, 0.1) is 0 Å². The second-order valence-electron chi connectivity index (χ2n) is 3.56. The van der Waals surface area contributed by atoms with Gasteiger partial charge in [-0.05, 0) is 13.8 Å². The number of aliphatic hydroxyl groups excluding tert-OH is 2. The second kappa shape index (κ2) is 3.51. The Hall–Kier alpha value is -0.200. The molecule has 1 fully saturated rings. The first-order chi connectivity index (χ1) is 5.91. The fourth-order valence-electron chi connectivity index (χ4n) is 1.73. The van der Waals surface area contributed by atoms with Crippen molar-refractivity contribution in [2.24, 2.45) is 0 Å². The van der Waals surface area contributed by atoms with Gasteiger partial charge in [0.2, 0.25) is 0 Å². The van der Waals surface area contributed by atoms with Crippen molar-refractivity contribution in [2.45, 2.75) is 44.1 Å². The quantitative estimate of drug-likeness (QED) is 0.489. The Kier molecular flexibility index (Phi) is 2.94. The molecule has 0 aromatic carbocycles. The highest BCUT2D eigenvalue weighted by Gasteiger charge is 2.51. The van der Waals surface area contributed by atoms with Gasteiger partial charge >= 0.3 is 0 Å². The fourth-order valence-corrected chi connectivity index (χ4v) is 1.73. The van der Waals surface area contributed by atoms with Crippen LogP contribution in [0.2, 0.25) is 0 Å². The number of methoxy groups -OCH3 is 1. The molecule has 1 aliphatic heterocycles. The van der Waals surface area contributed by atoms with E-state index in [9.17, 15) is 15.3 Å². The fraction of sp³-hybridized carbons (Fsp3) is 1.00. The number of aliphatic hydroxyl groups is 3. The maximum absolute atomic E-state index is 9.83. The summed E-state index contributed by atoms with van der Waals surface area (Å²) >= 11 is 0. The van der Waals surface area contributed by atoms with Gasteiger partial charge in [0.25, 0.3) is 0 Å². The zero-order chi connectivity index (χ0) is 10.2. The van der Waals surface area contributed by atoms with E-state index in [-0.39, 0.29) is 0 Å². The molecule has 0 amide bonds. The third kappa shape index (κ3) is 1.70. The number of hydrogen-bond donors (Lipinski definition) is 3. The Labute approximate surface area is 76.9 Å². The lowest BCUT2D eigenvalue weighted by Gasteiger charge is -2.45. The minimum atomic E-state index is -1.49. The first-order valence-electron chi connectivity index (χ1n) is 4.18. The Balaban J connectivity index is 2.85. The van der Waals surface area contributed by atoms with Crippen LogP contribution in [0.5, 0.6) is 0 Å². The maximum atomic E-state index is 9.83. The van der Waals surface area contributed by atoms with E-state index in [0.717, 1.165) is 0 Å². The molecule has 78 valence electrons. The van der Waals surface area contributed by atoms with Gasteiger partial charge in [0, 0.05) is 7.11 Å². The summed E-state index contributed by atoms with van der Waals surface area (Å²) in [6, 6.07) is 0. The van der Waals surface area contributed by atoms with Crippen molar-refractivity contribution >= 4 is 0 Å². The lowest BCUT2D eigenvalue weighted by Crippen LogP contribution is -2.64. The first kappa shape index (κ1) is 10.9. The van der Waals surface area contributed by atoms with E-state index in [1.807, 2.05) is 0 Å². The van der Waals surface area contributed by atoms with Gasteiger partial charge in [-0.3, -0.25) is 0 Å². The SMILES string of the molecule is CO[C@H]1[C@H](C)O[C@@H](O)[C@H](O)[C@]1(C)O. The highest BCUT2D eigenvalue weighted by molar-refractivity contribution is 4.98. The van der Waals surface area contributed by atoms with Crippen LogP contribution in [0.1, 0.15) is 13.8 Å². The lowest BCUT2D eigenvalue weighted by molar-refractivity contribution is -0.313. The minimum absolute atomic E-state index is 0.460. The Bertz CT molecular complexity index is 181. The molecule has 0 radical (unpaired) electrons. The average Bonchev–Trinajstić information content (AvgIpc) is 2.01. The zero-order valence-corrected chi connectivity index (χ0v) is 7.97. The number of hydrogen-bond acceptors (Lipinski definition) is 5. The van der Waals surface area contributed by atoms with Gasteiger partial charge in [0.1, 0.15) is 17.8 Å². The van der Waals surface area contributed by atoms with Crippen molar-refractivity contribution in [3.63, 3.8) is 0 Å². The molecule has 0 bridgehead atoms. The van der Waals surface area contributed by atoms with Gasteiger partial charge in [0.05, 0.1) is 6.10 Å². The third-order valence-corrected chi connectivity index (χ3v) is 2.48. The standard InChI is InChI=1S/C8H16O5/c1-4-6(12-3)8(2,11)5(9)7(10)13-4/h4-7,9-11H,1-3H3/t4-,5-,6-,7+,8-/m0/s1. The van der Waals surface area contributed by atoms with Crippen molar-refractivity contribution in [3.05, 3.63) is 0 Å². The van der Waals surface area contributed by atoms with Crippen molar-refractivity contribution in [1.82, 2.24) is 0 Å². The first-order valence-corrected chi connectivity index (χ1v) is 4.18. The van der Waals surface area contributed by atoms with E-state index in [1.165, 1.54) is 14.0 Å². The number of rotatable bonds is 1. The van der Waals surface area contributed by atoms with Gasteiger partial charge in [-0.15, -0.1) is 0 Å². The molecule has 0 aromatic heterocycles. The third-order valence-electron chi connectivity index (χ3n) is 2.48. The van der Waals surface area contributed by atoms with Crippen LogP contribution in [0.4, 0.5) is 0 Å². The minimum Gasteiger partial charge on any atom is -0.385 e. The molecule has 1 aliphatic rings. The van der Waals surface area contributed by atoms with Crippen LogP contribution in [0.25, 0.3) is 0 Å². The van der Waals surface area contributed by atoms with Crippen LogP contribution in [-0.4, -0.2) is 52.6 Å². The topological polar surface area (TPSA) is 79.2 Å². The zero-order valence-electron chi connectivity index (χ0n) is 7.97. The van der Waals surface area contributed by atoms with Crippen molar-refractivity contribution in [1.29, 1.82) is 0 Å². The van der Waals surface area contributed by atoms with E-state index < -0.39 is 30.2 Å². The molecule has 0 saturated carbocycles. The molecule has 5 nitrogen and oxygen atoms in total. The predicted molar refractivity (Wildman–Crippen MR) is 44.0 cm³/mol. The van der Waals surface area contributed by atoms with E-state index >= 15 is 0 Å². The lowest BCUT2D eigenvalue weighted by atomic mass is 9.86. The largest absolute Gasteiger partial charge is 0.385 e. The molecule has 0 unspecified atom stereocenters. The smallest absolute Gasteiger partial charge is 0.184 e. The summed E-state index contributed by atoms with van der Waals surface area (Å²) in [6.45, 7) is 3.08. The van der Waals surface area contributed by atoms with Crippen molar-refractivity contribution in [2.75, 3.05) is 7.11 Å². The summed E-state index contributed by atoms with van der Waals surface area (Å²) in [7, 11) is 1.42. The van der Waals surface area contributed by atoms with Crippen LogP contribution >= 0.6 is 0 Å². The second-order valence-corrected chi connectivity index (χ2v) is 3.56. The molecule has 3 N–H and O–H groups in total. The molecule has 13 heavy (non-hydrogen) atoms. The van der Waals surface area contributed by atoms with Crippen molar-refractivity contribution in [3.8, 4) is 0 Å². The monoisotopic (exact) mass is 192 g/mol. The molecular formula is C8H16O5. The molecule has 0 spiro atoms. The van der Waals surface area contributed by atoms with Crippen LogP contribution in [0.3, 0.4) is 0 Å². The summed E-state index contributed by atoms with van der Waals surface area (Å²) < 4.78 is 9.95. The molecule has 0 aromatic rings. The molecular weight excluding hydrogens is 176 g/mol. The highest BCUT2D eigenvalue weighted by atomic mass is 16.6. The van der Waals surface area contributed by atoms with Crippen molar-refractivity contribution < 1.29 is 24.8 Å². The summed E-state index contributed by atoms with van der Waals surface area (Å²) in [5, 5.41) is 28.5. The van der Waals surface area contributed by atoms with Crippen LogP contribution in [0.15, 0.2) is 0 Å². The van der Waals surface area contributed by atoms with E-state index in [1.54, 1.807) is 6.92 Å². The summed E-state index contributed by atoms with van der Waals surface area (Å²) in [6.07, 6.45) is -3.82. The van der Waals surface area contributed by atoms with E-state index in [0.29, 0.717) is 0 Å². The molecule has 1 saturated heterocycles. The Morgan fingerprint density at radius 1 is 1.38 bits per heavy atom. The normalized spacial score (nSPS) is 52.2. The maximum Gasteiger partial charge on any atom is 0.184 e. The van der Waals surface area contributed by atoms with E-state index in [2.05, 4.69) is 0 Å². The van der Waals surface area contributed by atoms with Gasteiger partial charge in [-0.1, -0.05) is 0 Å². The molecule has 1 rings (SSSR count). The molecule has 5 heteroatoms. The van der Waals surface area contributed by atoms with Crippen LogP contribution < -0.4 is 0 Å². The molecule has 1 heterocycles. The van der Waals surface area contributed by atoms with Gasteiger partial charge in [-0.25, -0.2) is 0 Å².